The van der Waals surface area contributed by atoms with Crippen LogP contribution in [0.15, 0.2) is 73.6 Å². The van der Waals surface area contributed by atoms with Gasteiger partial charge in [0.15, 0.2) is 0 Å². The molecule has 0 N–H and O–H groups in total. The maximum absolute atomic E-state index is 4.30. The second-order valence-corrected chi connectivity index (χ2v) is 12.3. The van der Waals surface area contributed by atoms with Crippen molar-refractivity contribution in [2.75, 3.05) is 0 Å². The van der Waals surface area contributed by atoms with Crippen molar-refractivity contribution in [3.8, 4) is 0 Å². The molecule has 40 heavy (non-hydrogen) atoms. The number of nitrogens with zero attached hydrogens (tertiary/aromatic N) is 4. The van der Waals surface area contributed by atoms with Gasteiger partial charge in [-0.3, -0.25) is 19.9 Å². The van der Waals surface area contributed by atoms with E-state index in [1.807, 2.05) is 49.3 Å². The molecule has 0 saturated heterocycles. The summed E-state index contributed by atoms with van der Waals surface area (Å²) >= 11 is 0. The smallest absolute Gasteiger partial charge is 0.0472 e. The largest absolute Gasteiger partial charge is 0.264 e. The van der Waals surface area contributed by atoms with Crippen molar-refractivity contribution in [2.45, 2.75) is 103 Å². The molecule has 0 bridgehead atoms. The topological polar surface area (TPSA) is 51.6 Å². The van der Waals surface area contributed by atoms with Crippen LogP contribution < -0.4 is 0 Å². The van der Waals surface area contributed by atoms with Crippen LogP contribution in [0, 0.1) is 0 Å². The van der Waals surface area contributed by atoms with Crippen molar-refractivity contribution in [1.29, 1.82) is 0 Å². The quantitative estimate of drug-likeness (QED) is 0.226. The summed E-state index contributed by atoms with van der Waals surface area (Å²) in [4.78, 5) is 16.8. The SMILES string of the molecule is CC1c2cccnc2C1C.CC1c2cccnc2C1C.CC1c2ccncc2C1C.CC1c2ccncc2C1C. The highest BCUT2D eigenvalue weighted by molar-refractivity contribution is 5.42. The number of aromatic nitrogens is 4. The summed E-state index contributed by atoms with van der Waals surface area (Å²) in [6, 6.07) is 12.6. The van der Waals surface area contributed by atoms with Gasteiger partial charge in [0.2, 0.25) is 0 Å². The van der Waals surface area contributed by atoms with Crippen molar-refractivity contribution in [2.24, 2.45) is 0 Å². The molecule has 8 atom stereocenters. The fraction of sp³-hybridized carbons (Fsp3) is 0.444. The molecular weight excluding hydrogens is 488 g/mol. The summed E-state index contributed by atoms with van der Waals surface area (Å²) in [5.41, 5.74) is 11.3. The fourth-order valence-corrected chi connectivity index (χ4v) is 6.52. The second kappa shape index (κ2) is 11.6. The Labute approximate surface area is 240 Å². The molecule has 0 aromatic carbocycles. The van der Waals surface area contributed by atoms with Crippen LogP contribution in [0.1, 0.15) is 148 Å². The van der Waals surface area contributed by atoms with Crippen LogP contribution in [0.3, 0.4) is 0 Å². The van der Waals surface area contributed by atoms with E-state index < -0.39 is 0 Å². The highest BCUT2D eigenvalue weighted by Gasteiger charge is 2.32. The van der Waals surface area contributed by atoms with Crippen LogP contribution in [0.2, 0.25) is 0 Å². The first-order valence-electron chi connectivity index (χ1n) is 15.0. The number of hydrogen-bond acceptors (Lipinski definition) is 4. The minimum absolute atomic E-state index is 0.677. The molecule has 4 aliphatic rings. The zero-order valence-corrected chi connectivity index (χ0v) is 25.3. The first-order valence-corrected chi connectivity index (χ1v) is 15.0. The van der Waals surface area contributed by atoms with Gasteiger partial charge in [-0.1, -0.05) is 67.5 Å². The second-order valence-electron chi connectivity index (χ2n) is 12.3. The van der Waals surface area contributed by atoms with Crippen LogP contribution in [0.4, 0.5) is 0 Å². The normalized spacial score (nSPS) is 29.0. The predicted octanol–water partition coefficient (Wildman–Crippen LogP) is 9.21. The lowest BCUT2D eigenvalue weighted by Crippen LogP contribution is -2.20. The highest BCUT2D eigenvalue weighted by Crippen LogP contribution is 2.46. The average molecular weight is 533 g/mol. The summed E-state index contributed by atoms with van der Waals surface area (Å²) in [5, 5.41) is 0. The molecule has 0 amide bonds. The molecule has 0 spiro atoms. The Balaban J connectivity index is 0.000000108. The maximum atomic E-state index is 4.30. The Hall–Kier alpha value is -3.40. The molecule has 0 fully saturated rings. The number of rotatable bonds is 0. The molecule has 4 aromatic rings. The van der Waals surface area contributed by atoms with E-state index in [1.54, 1.807) is 0 Å². The Bertz CT molecular complexity index is 1130. The molecule has 0 aliphatic heterocycles. The Morgan fingerprint density at radius 1 is 0.375 bits per heavy atom. The molecule has 4 aromatic heterocycles. The van der Waals surface area contributed by atoms with Gasteiger partial charge in [-0.15, -0.1) is 0 Å². The van der Waals surface area contributed by atoms with Gasteiger partial charge in [-0.25, -0.2) is 0 Å². The third-order valence-electron chi connectivity index (χ3n) is 10.3. The molecule has 8 unspecified atom stereocenters. The summed E-state index contributed by atoms with van der Waals surface area (Å²) in [6.07, 6.45) is 11.5. The molecule has 4 aliphatic carbocycles. The first kappa shape index (κ1) is 28.1. The van der Waals surface area contributed by atoms with Crippen molar-refractivity contribution in [3.63, 3.8) is 0 Å². The van der Waals surface area contributed by atoms with E-state index in [0.717, 1.165) is 35.5 Å². The van der Waals surface area contributed by atoms with E-state index in [0.29, 0.717) is 11.8 Å². The summed E-state index contributed by atoms with van der Waals surface area (Å²) in [6.45, 7) is 18.0. The van der Waals surface area contributed by atoms with E-state index in [9.17, 15) is 0 Å². The van der Waals surface area contributed by atoms with Crippen molar-refractivity contribution < 1.29 is 0 Å². The third-order valence-corrected chi connectivity index (χ3v) is 10.3. The highest BCUT2D eigenvalue weighted by atomic mass is 14.7. The van der Waals surface area contributed by atoms with Gasteiger partial charge in [0, 0.05) is 60.4 Å². The zero-order chi connectivity index (χ0) is 28.6. The van der Waals surface area contributed by atoms with Crippen LogP contribution in [-0.4, -0.2) is 19.9 Å². The van der Waals surface area contributed by atoms with Gasteiger partial charge in [0.1, 0.15) is 0 Å². The van der Waals surface area contributed by atoms with E-state index in [2.05, 4.69) is 99.6 Å². The molecule has 0 saturated carbocycles. The summed E-state index contributed by atoms with van der Waals surface area (Å²) in [7, 11) is 0. The monoisotopic (exact) mass is 532 g/mol. The Morgan fingerprint density at radius 3 is 1.07 bits per heavy atom. The van der Waals surface area contributed by atoms with Crippen LogP contribution >= 0.6 is 0 Å². The van der Waals surface area contributed by atoms with E-state index in [4.69, 9.17) is 0 Å². The molecular formula is C36H44N4. The van der Waals surface area contributed by atoms with Gasteiger partial charge in [-0.2, -0.15) is 0 Å². The molecule has 0 radical (unpaired) electrons. The molecule has 4 heterocycles. The predicted molar refractivity (Wildman–Crippen MR) is 164 cm³/mol. The van der Waals surface area contributed by atoms with Gasteiger partial charge in [0.05, 0.1) is 0 Å². The number of hydrogen-bond donors (Lipinski definition) is 0. The first-order chi connectivity index (χ1) is 19.2. The van der Waals surface area contributed by atoms with Gasteiger partial charge < -0.3 is 0 Å². The lowest BCUT2D eigenvalue weighted by atomic mass is 9.71. The molecule has 4 nitrogen and oxygen atoms in total. The lowest BCUT2D eigenvalue weighted by molar-refractivity contribution is 0.521. The van der Waals surface area contributed by atoms with Crippen molar-refractivity contribution in [3.05, 3.63) is 118 Å². The van der Waals surface area contributed by atoms with E-state index in [1.165, 1.54) is 44.8 Å². The lowest BCUT2D eigenvalue weighted by Gasteiger charge is -2.33. The van der Waals surface area contributed by atoms with E-state index in [-0.39, 0.29) is 0 Å². The number of fused-ring (bicyclic) bond motifs is 4. The maximum Gasteiger partial charge on any atom is 0.0472 e. The van der Waals surface area contributed by atoms with Crippen molar-refractivity contribution in [1.82, 2.24) is 19.9 Å². The van der Waals surface area contributed by atoms with Crippen molar-refractivity contribution >= 4 is 0 Å². The standard InChI is InChI=1S/4C9H11N/c2*1-6-7(2)9-5-10-4-3-8(6)9;2*1-6-7(2)9-8(6)4-3-5-10-9/h4*3-7H,1-2H3. The zero-order valence-electron chi connectivity index (χ0n) is 25.3. The Morgan fingerprint density at radius 2 is 0.725 bits per heavy atom. The molecule has 208 valence electrons. The van der Waals surface area contributed by atoms with E-state index >= 15 is 0 Å². The number of pyridine rings is 4. The summed E-state index contributed by atoms with van der Waals surface area (Å²) in [5.74, 6) is 5.75. The fourth-order valence-electron chi connectivity index (χ4n) is 6.52. The van der Waals surface area contributed by atoms with Gasteiger partial charge >= 0.3 is 0 Å². The minimum Gasteiger partial charge on any atom is -0.264 e. The van der Waals surface area contributed by atoms with Crippen LogP contribution in [0.25, 0.3) is 0 Å². The Kier molecular flexibility index (Phi) is 8.16. The van der Waals surface area contributed by atoms with Gasteiger partial charge in [-0.05, 0) is 93.2 Å². The molecule has 4 heteroatoms. The minimum atomic E-state index is 0.677. The summed E-state index contributed by atoms with van der Waals surface area (Å²) < 4.78 is 0. The third kappa shape index (κ3) is 4.98. The average Bonchev–Trinajstić information content (AvgIpc) is 3.03. The van der Waals surface area contributed by atoms with Gasteiger partial charge in [0.25, 0.3) is 0 Å². The van der Waals surface area contributed by atoms with Crippen LogP contribution in [0.5, 0.6) is 0 Å². The molecule has 8 rings (SSSR count). The van der Waals surface area contributed by atoms with Crippen LogP contribution in [-0.2, 0) is 0 Å².